The van der Waals surface area contributed by atoms with Gasteiger partial charge in [-0.3, -0.25) is 0 Å². The quantitative estimate of drug-likeness (QED) is 0.561. The highest BCUT2D eigenvalue weighted by Crippen LogP contribution is 2.23. The molecule has 0 radical (unpaired) electrons. The van der Waals surface area contributed by atoms with Gasteiger partial charge in [-0.25, -0.2) is 4.39 Å². The van der Waals surface area contributed by atoms with Gasteiger partial charge in [-0.1, -0.05) is 28.1 Å². The molecule has 0 bridgehead atoms. The Labute approximate surface area is 74.4 Å². The minimum absolute atomic E-state index is 0.140. The van der Waals surface area contributed by atoms with Crippen molar-refractivity contribution in [3.63, 3.8) is 0 Å². The van der Waals surface area contributed by atoms with Crippen molar-refractivity contribution >= 4 is 15.9 Å². The second kappa shape index (κ2) is 4.21. The van der Waals surface area contributed by atoms with Crippen molar-refractivity contribution in [1.82, 2.24) is 0 Å². The van der Waals surface area contributed by atoms with Gasteiger partial charge in [-0.05, 0) is 12.8 Å². The van der Waals surface area contributed by atoms with Crippen LogP contribution in [-0.2, 0) is 0 Å². The monoisotopic (exact) mass is 222 g/mol. The lowest BCUT2D eigenvalue weighted by Crippen LogP contribution is -2.23. The summed E-state index contributed by atoms with van der Waals surface area (Å²) in [5.41, 5.74) is 0. The maximum Gasteiger partial charge on any atom is 0.118 e. The Kier molecular flexibility index (Phi) is 3.52. The highest BCUT2D eigenvalue weighted by atomic mass is 79.9. The second-order valence-electron chi connectivity index (χ2n) is 2.86. The van der Waals surface area contributed by atoms with Crippen LogP contribution < -0.4 is 0 Å². The van der Waals surface area contributed by atoms with Crippen molar-refractivity contribution in [2.75, 3.05) is 5.33 Å². The number of rotatable bonds is 2. The molecule has 64 valence electrons. The number of hydrogen-bond donors (Lipinski definition) is 1. The third-order valence-electron chi connectivity index (χ3n) is 2.00. The molecule has 3 heteroatoms. The zero-order valence-electron chi connectivity index (χ0n) is 6.21. The van der Waals surface area contributed by atoms with Crippen LogP contribution in [0.3, 0.4) is 0 Å². The number of halogens is 2. The Morgan fingerprint density at radius 2 is 2.27 bits per heavy atom. The Morgan fingerprint density at radius 1 is 1.55 bits per heavy atom. The summed E-state index contributed by atoms with van der Waals surface area (Å²) in [7, 11) is 0. The summed E-state index contributed by atoms with van der Waals surface area (Å²) in [5.74, 6) is 0.140. The van der Waals surface area contributed by atoms with E-state index < -0.39 is 6.17 Å². The first-order valence-electron chi connectivity index (χ1n) is 3.80. The molecular weight excluding hydrogens is 211 g/mol. The van der Waals surface area contributed by atoms with E-state index in [0.717, 1.165) is 6.42 Å². The number of aliphatic hydroxyl groups is 1. The van der Waals surface area contributed by atoms with Gasteiger partial charge in [-0.15, -0.1) is 0 Å². The van der Waals surface area contributed by atoms with Gasteiger partial charge < -0.3 is 5.11 Å². The maximum atomic E-state index is 12.5. The molecule has 3 unspecified atom stereocenters. The van der Waals surface area contributed by atoms with E-state index in [4.69, 9.17) is 0 Å². The van der Waals surface area contributed by atoms with Crippen molar-refractivity contribution in [1.29, 1.82) is 0 Å². The lowest BCUT2D eigenvalue weighted by Gasteiger charge is -2.21. The Bertz CT molecular complexity index is 149. The zero-order valence-corrected chi connectivity index (χ0v) is 7.80. The van der Waals surface area contributed by atoms with Crippen LogP contribution in [-0.4, -0.2) is 22.7 Å². The molecule has 0 aromatic rings. The summed E-state index contributed by atoms with van der Waals surface area (Å²) >= 11 is 3.19. The fraction of sp³-hybridized carbons (Fsp3) is 0.750. The number of aliphatic hydroxyl groups excluding tert-OH is 1. The molecule has 11 heavy (non-hydrogen) atoms. The van der Waals surface area contributed by atoms with Crippen molar-refractivity contribution in [3.8, 4) is 0 Å². The largest absolute Gasteiger partial charge is 0.392 e. The van der Waals surface area contributed by atoms with E-state index >= 15 is 0 Å². The van der Waals surface area contributed by atoms with Gasteiger partial charge in [0, 0.05) is 11.2 Å². The highest BCUT2D eigenvalue weighted by molar-refractivity contribution is 9.09. The average molecular weight is 223 g/mol. The zero-order chi connectivity index (χ0) is 8.27. The van der Waals surface area contributed by atoms with Crippen molar-refractivity contribution in [3.05, 3.63) is 12.2 Å². The molecule has 1 aliphatic carbocycles. The van der Waals surface area contributed by atoms with E-state index in [1.807, 2.05) is 0 Å². The molecule has 0 aromatic heterocycles. The second-order valence-corrected chi connectivity index (χ2v) is 3.51. The normalized spacial score (nSPS) is 33.7. The van der Waals surface area contributed by atoms with Crippen molar-refractivity contribution < 1.29 is 9.50 Å². The van der Waals surface area contributed by atoms with Crippen molar-refractivity contribution in [2.24, 2.45) is 5.92 Å². The fourth-order valence-corrected chi connectivity index (χ4v) is 1.72. The number of hydrogen-bond acceptors (Lipinski definition) is 1. The SMILES string of the molecule is OC(CBr)C1C=CC(F)CC1. The standard InChI is InChI=1S/C8H12BrFO/c9-5-8(11)6-1-3-7(10)4-2-6/h1,3,6-8,11H,2,4-5H2. The van der Waals surface area contributed by atoms with E-state index in [1.54, 1.807) is 12.2 Å². The third kappa shape index (κ3) is 2.56. The van der Waals surface area contributed by atoms with Gasteiger partial charge in [-0.2, -0.15) is 0 Å². The molecule has 0 aromatic carbocycles. The van der Waals surface area contributed by atoms with Crippen LogP contribution in [0.15, 0.2) is 12.2 Å². The molecule has 0 saturated heterocycles. The number of allylic oxidation sites excluding steroid dienone is 1. The summed E-state index contributed by atoms with van der Waals surface area (Å²) in [6, 6.07) is 0. The Hall–Kier alpha value is 0.110. The van der Waals surface area contributed by atoms with Gasteiger partial charge in [0.15, 0.2) is 0 Å². The van der Waals surface area contributed by atoms with Crippen molar-refractivity contribution in [2.45, 2.75) is 25.1 Å². The molecule has 3 atom stereocenters. The first-order chi connectivity index (χ1) is 5.24. The van der Waals surface area contributed by atoms with Crippen LogP contribution in [0.2, 0.25) is 0 Å². The molecule has 1 N–H and O–H groups in total. The molecule has 0 amide bonds. The van der Waals surface area contributed by atoms with Crippen LogP contribution in [0.5, 0.6) is 0 Å². The van der Waals surface area contributed by atoms with Gasteiger partial charge >= 0.3 is 0 Å². The van der Waals surface area contributed by atoms with Crippen LogP contribution in [0.4, 0.5) is 4.39 Å². The topological polar surface area (TPSA) is 20.2 Å². The smallest absolute Gasteiger partial charge is 0.118 e. The molecule has 0 heterocycles. The van der Waals surface area contributed by atoms with Crippen LogP contribution in [0, 0.1) is 5.92 Å². The van der Waals surface area contributed by atoms with Crippen LogP contribution in [0.1, 0.15) is 12.8 Å². The lowest BCUT2D eigenvalue weighted by atomic mass is 9.91. The Balaban J connectivity index is 2.43. The summed E-state index contributed by atoms with van der Waals surface area (Å²) in [5, 5.41) is 9.92. The first-order valence-corrected chi connectivity index (χ1v) is 4.92. The predicted octanol–water partition coefficient (Wildman–Crippen LogP) is 2.05. The van der Waals surface area contributed by atoms with Crippen LogP contribution >= 0.6 is 15.9 Å². The summed E-state index contributed by atoms with van der Waals surface area (Å²) in [6.07, 6.45) is 3.46. The van der Waals surface area contributed by atoms with Gasteiger partial charge in [0.2, 0.25) is 0 Å². The molecule has 0 fully saturated rings. The highest BCUT2D eigenvalue weighted by Gasteiger charge is 2.20. The van der Waals surface area contributed by atoms with E-state index in [2.05, 4.69) is 15.9 Å². The van der Waals surface area contributed by atoms with E-state index in [1.165, 1.54) is 0 Å². The predicted molar refractivity (Wildman–Crippen MR) is 46.6 cm³/mol. The molecule has 1 nitrogen and oxygen atoms in total. The Morgan fingerprint density at radius 3 is 2.73 bits per heavy atom. The molecule has 0 saturated carbocycles. The summed E-state index contributed by atoms with van der Waals surface area (Å²) < 4.78 is 12.5. The summed E-state index contributed by atoms with van der Waals surface area (Å²) in [4.78, 5) is 0. The maximum absolute atomic E-state index is 12.5. The van der Waals surface area contributed by atoms with Gasteiger partial charge in [0.1, 0.15) is 6.17 Å². The third-order valence-corrected chi connectivity index (χ3v) is 2.66. The first kappa shape index (κ1) is 9.20. The fourth-order valence-electron chi connectivity index (χ4n) is 1.24. The molecule has 0 aliphatic heterocycles. The minimum atomic E-state index is -0.797. The molecular formula is C8H12BrFO. The molecule has 1 rings (SSSR count). The van der Waals surface area contributed by atoms with E-state index in [-0.39, 0.29) is 12.0 Å². The minimum Gasteiger partial charge on any atom is -0.392 e. The van der Waals surface area contributed by atoms with Gasteiger partial charge in [0.05, 0.1) is 6.10 Å². The van der Waals surface area contributed by atoms with E-state index in [0.29, 0.717) is 11.8 Å². The molecule has 0 spiro atoms. The lowest BCUT2D eigenvalue weighted by molar-refractivity contribution is 0.139. The molecule has 1 aliphatic rings. The average Bonchev–Trinajstić information content (AvgIpc) is 2.05. The number of alkyl halides is 2. The summed E-state index contributed by atoms with van der Waals surface area (Å²) in [6.45, 7) is 0. The van der Waals surface area contributed by atoms with E-state index in [9.17, 15) is 9.50 Å². The van der Waals surface area contributed by atoms with Crippen LogP contribution in [0.25, 0.3) is 0 Å². The van der Waals surface area contributed by atoms with Gasteiger partial charge in [0.25, 0.3) is 0 Å².